The minimum Gasteiger partial charge on any atom is -0.480 e. The monoisotopic (exact) mass is 206 g/mol. The van der Waals surface area contributed by atoms with E-state index in [1.54, 1.807) is 19.9 Å². The predicted octanol–water partition coefficient (Wildman–Crippen LogP) is 1.03. The van der Waals surface area contributed by atoms with Crippen molar-refractivity contribution in [2.45, 2.75) is 13.8 Å². The quantitative estimate of drug-likeness (QED) is 0.798. The molecule has 0 aliphatic heterocycles. The summed E-state index contributed by atoms with van der Waals surface area (Å²) in [5, 5.41) is 17.3. The van der Waals surface area contributed by atoms with Crippen LogP contribution in [0.3, 0.4) is 0 Å². The Kier molecular flexibility index (Phi) is 3.24. The molecule has 5 heteroatoms. The van der Waals surface area contributed by atoms with Crippen molar-refractivity contribution >= 4 is 5.97 Å². The summed E-state index contributed by atoms with van der Waals surface area (Å²) >= 11 is 0. The number of carbonyl (C=O) groups is 1. The Morgan fingerprint density at radius 1 is 1.67 bits per heavy atom. The second-order valence-electron chi connectivity index (χ2n) is 3.02. The van der Waals surface area contributed by atoms with Crippen molar-refractivity contribution < 1.29 is 14.6 Å². The first-order chi connectivity index (χ1) is 7.04. The van der Waals surface area contributed by atoms with Gasteiger partial charge >= 0.3 is 5.97 Å². The smallest absolute Gasteiger partial charge is 0.341 e. The van der Waals surface area contributed by atoms with Crippen molar-refractivity contribution in [3.05, 3.63) is 23.0 Å². The SMILES string of the molecule is Cc1cc(OCC(=O)O)c(C#N)c(C)n1. The number of rotatable bonds is 3. The molecule has 1 aromatic heterocycles. The van der Waals surface area contributed by atoms with Gasteiger partial charge in [-0.15, -0.1) is 0 Å². The van der Waals surface area contributed by atoms with E-state index in [4.69, 9.17) is 15.1 Å². The van der Waals surface area contributed by atoms with E-state index in [-0.39, 0.29) is 11.3 Å². The van der Waals surface area contributed by atoms with Crippen LogP contribution in [0, 0.1) is 25.2 Å². The van der Waals surface area contributed by atoms with Crippen LogP contribution in [0.1, 0.15) is 17.0 Å². The fraction of sp³-hybridized carbons (Fsp3) is 0.300. The Morgan fingerprint density at radius 2 is 2.33 bits per heavy atom. The van der Waals surface area contributed by atoms with E-state index < -0.39 is 12.6 Å². The molecule has 0 fully saturated rings. The summed E-state index contributed by atoms with van der Waals surface area (Å²) < 4.78 is 4.99. The van der Waals surface area contributed by atoms with Gasteiger partial charge in [0.1, 0.15) is 17.4 Å². The maximum absolute atomic E-state index is 10.3. The highest BCUT2D eigenvalue weighted by Crippen LogP contribution is 2.20. The number of aromatic nitrogens is 1. The lowest BCUT2D eigenvalue weighted by atomic mass is 10.2. The second kappa shape index (κ2) is 4.42. The van der Waals surface area contributed by atoms with E-state index in [1.165, 1.54) is 0 Å². The molecule has 0 unspecified atom stereocenters. The average molecular weight is 206 g/mol. The van der Waals surface area contributed by atoms with Gasteiger partial charge in [0.15, 0.2) is 6.61 Å². The zero-order chi connectivity index (χ0) is 11.4. The molecule has 1 heterocycles. The maximum Gasteiger partial charge on any atom is 0.341 e. The van der Waals surface area contributed by atoms with Crippen LogP contribution in [-0.4, -0.2) is 22.7 Å². The van der Waals surface area contributed by atoms with E-state index in [0.717, 1.165) is 0 Å². The summed E-state index contributed by atoms with van der Waals surface area (Å²) in [5.41, 5.74) is 1.51. The molecule has 0 bridgehead atoms. The van der Waals surface area contributed by atoms with Crippen molar-refractivity contribution in [3.63, 3.8) is 0 Å². The summed E-state index contributed by atoms with van der Waals surface area (Å²) in [6.07, 6.45) is 0. The number of hydrogen-bond acceptors (Lipinski definition) is 4. The Bertz CT molecular complexity index is 435. The van der Waals surface area contributed by atoms with Gasteiger partial charge in [-0.2, -0.15) is 5.26 Å². The molecule has 0 saturated carbocycles. The van der Waals surface area contributed by atoms with Crippen LogP contribution in [0.2, 0.25) is 0 Å². The van der Waals surface area contributed by atoms with Crippen LogP contribution in [0.5, 0.6) is 5.75 Å². The highest BCUT2D eigenvalue weighted by molar-refractivity contribution is 5.68. The van der Waals surface area contributed by atoms with Gasteiger partial charge in [-0.05, 0) is 13.8 Å². The zero-order valence-electron chi connectivity index (χ0n) is 8.44. The first-order valence-corrected chi connectivity index (χ1v) is 4.27. The highest BCUT2D eigenvalue weighted by Gasteiger charge is 2.10. The van der Waals surface area contributed by atoms with Gasteiger partial charge in [0, 0.05) is 11.8 Å². The van der Waals surface area contributed by atoms with E-state index in [0.29, 0.717) is 11.4 Å². The molecule has 0 aromatic carbocycles. The Morgan fingerprint density at radius 3 is 2.87 bits per heavy atom. The molecule has 0 atom stereocenters. The largest absolute Gasteiger partial charge is 0.480 e. The molecule has 0 spiro atoms. The number of aryl methyl sites for hydroxylation is 2. The third-order valence-electron chi connectivity index (χ3n) is 1.76. The fourth-order valence-electron chi connectivity index (χ4n) is 1.18. The molecule has 0 saturated heterocycles. The number of ether oxygens (including phenoxy) is 1. The van der Waals surface area contributed by atoms with Gasteiger partial charge in [-0.1, -0.05) is 0 Å². The zero-order valence-corrected chi connectivity index (χ0v) is 8.44. The van der Waals surface area contributed by atoms with Gasteiger partial charge in [0.25, 0.3) is 0 Å². The van der Waals surface area contributed by atoms with Crippen LogP contribution >= 0.6 is 0 Å². The second-order valence-corrected chi connectivity index (χ2v) is 3.02. The lowest BCUT2D eigenvalue weighted by Crippen LogP contribution is -2.11. The Balaban J connectivity index is 3.05. The van der Waals surface area contributed by atoms with Crippen LogP contribution in [0.15, 0.2) is 6.07 Å². The summed E-state index contributed by atoms with van der Waals surface area (Å²) in [5.74, 6) is -0.809. The first kappa shape index (κ1) is 11.0. The number of nitriles is 1. The van der Waals surface area contributed by atoms with E-state index in [2.05, 4.69) is 4.98 Å². The van der Waals surface area contributed by atoms with Gasteiger partial charge in [-0.3, -0.25) is 4.98 Å². The van der Waals surface area contributed by atoms with Crippen molar-refractivity contribution in [2.24, 2.45) is 0 Å². The van der Waals surface area contributed by atoms with Crippen molar-refractivity contribution in [1.82, 2.24) is 4.98 Å². The Hall–Kier alpha value is -2.09. The normalized spacial score (nSPS) is 9.40. The summed E-state index contributed by atoms with van der Waals surface area (Å²) in [7, 11) is 0. The summed E-state index contributed by atoms with van der Waals surface area (Å²) in [6.45, 7) is 2.97. The Labute approximate surface area is 86.9 Å². The van der Waals surface area contributed by atoms with Crippen molar-refractivity contribution in [2.75, 3.05) is 6.61 Å². The number of carboxylic acid groups (broad SMARTS) is 1. The molecular formula is C10H10N2O3. The predicted molar refractivity (Wildman–Crippen MR) is 51.6 cm³/mol. The minimum absolute atomic E-state index is 0.268. The lowest BCUT2D eigenvalue weighted by molar-refractivity contribution is -0.139. The summed E-state index contributed by atoms with van der Waals surface area (Å²) in [6, 6.07) is 3.48. The third-order valence-corrected chi connectivity index (χ3v) is 1.76. The van der Waals surface area contributed by atoms with Crippen LogP contribution < -0.4 is 4.74 Å². The van der Waals surface area contributed by atoms with Crippen molar-refractivity contribution in [1.29, 1.82) is 5.26 Å². The topological polar surface area (TPSA) is 83.2 Å². The number of aliphatic carboxylic acids is 1. The number of pyridine rings is 1. The van der Waals surface area contributed by atoms with Crippen molar-refractivity contribution in [3.8, 4) is 11.8 Å². The average Bonchev–Trinajstić information content (AvgIpc) is 2.13. The molecule has 1 rings (SSSR count). The van der Waals surface area contributed by atoms with E-state index in [9.17, 15) is 4.79 Å². The van der Waals surface area contributed by atoms with Crippen LogP contribution in [0.4, 0.5) is 0 Å². The molecule has 0 aliphatic rings. The van der Waals surface area contributed by atoms with E-state index in [1.807, 2.05) is 6.07 Å². The first-order valence-electron chi connectivity index (χ1n) is 4.27. The molecule has 0 aliphatic carbocycles. The number of hydrogen-bond donors (Lipinski definition) is 1. The van der Waals surface area contributed by atoms with Gasteiger partial charge < -0.3 is 9.84 Å². The third kappa shape index (κ3) is 2.68. The number of carboxylic acids is 1. The fourth-order valence-corrected chi connectivity index (χ4v) is 1.18. The van der Waals surface area contributed by atoms with E-state index >= 15 is 0 Å². The minimum atomic E-state index is -1.08. The molecule has 1 N–H and O–H groups in total. The maximum atomic E-state index is 10.3. The molecule has 0 amide bonds. The molecule has 5 nitrogen and oxygen atoms in total. The van der Waals surface area contributed by atoms with Crippen LogP contribution in [0.25, 0.3) is 0 Å². The van der Waals surface area contributed by atoms with Gasteiger partial charge in [-0.25, -0.2) is 4.79 Å². The molecule has 1 aromatic rings. The molecule has 0 radical (unpaired) electrons. The van der Waals surface area contributed by atoms with Crippen LogP contribution in [-0.2, 0) is 4.79 Å². The standard InChI is InChI=1S/C10H10N2O3/c1-6-3-9(15-5-10(13)14)8(4-11)7(2)12-6/h3H,5H2,1-2H3,(H,13,14). The van der Waals surface area contributed by atoms with Gasteiger partial charge in [0.05, 0.1) is 5.69 Å². The summed E-state index contributed by atoms with van der Waals surface area (Å²) in [4.78, 5) is 14.4. The van der Waals surface area contributed by atoms with Gasteiger partial charge in [0.2, 0.25) is 0 Å². The molecule has 15 heavy (non-hydrogen) atoms. The lowest BCUT2D eigenvalue weighted by Gasteiger charge is -2.07. The highest BCUT2D eigenvalue weighted by atomic mass is 16.5. The number of nitrogens with zero attached hydrogens (tertiary/aromatic N) is 2. The molecule has 78 valence electrons. The molecular weight excluding hydrogens is 196 g/mol.